The van der Waals surface area contributed by atoms with Gasteiger partial charge in [0.25, 0.3) is 0 Å². The van der Waals surface area contributed by atoms with Crippen molar-refractivity contribution in [1.29, 1.82) is 0 Å². The van der Waals surface area contributed by atoms with Crippen molar-refractivity contribution in [3.63, 3.8) is 0 Å². The van der Waals surface area contributed by atoms with Gasteiger partial charge in [0, 0.05) is 50.6 Å². The average Bonchev–Trinajstić information content (AvgIpc) is 3.02. The van der Waals surface area contributed by atoms with Gasteiger partial charge in [0.2, 0.25) is 6.29 Å². The number of ether oxygens (including phenoxy) is 4. The predicted octanol–water partition coefficient (Wildman–Crippen LogP) is 3.00. The fraction of sp³-hybridized carbons (Fsp3) is 0.676. The molecule has 47 heavy (non-hydrogen) atoms. The molecule has 262 valence electrons. The van der Waals surface area contributed by atoms with Crippen molar-refractivity contribution in [3.05, 3.63) is 48.2 Å². The number of benzene rings is 1. The normalized spacial score (nSPS) is 34.7. The van der Waals surface area contributed by atoms with E-state index >= 15 is 0 Å². The van der Waals surface area contributed by atoms with Crippen molar-refractivity contribution in [2.75, 3.05) is 61.0 Å². The summed E-state index contributed by atoms with van der Waals surface area (Å²) in [6.07, 6.45) is 5.70. The van der Waals surface area contributed by atoms with E-state index in [0.29, 0.717) is 25.1 Å². The average molecular weight is 657 g/mol. The standard InChI is InChI=1S/C37H58N3O7/c1-11-37(44-10)23-26(2)24-39(9)18-15-19-40(25-29-16-13-12-14-17-29)20-21-45-35(43)36(5,6)32(42)28(4)33(37)47-34-31(41)30(38(7)8)22-27(3)46-34/h1,12-14,16-17,25-26,28,30-34,41-42H,3,15,18-24H2,2,4-10H3/q+1/t26-,28+,30+,31-,32?,33-,34+,37-/m1/s1. The van der Waals surface area contributed by atoms with Crippen molar-refractivity contribution >= 4 is 12.2 Å². The number of methoxy groups -OCH3 is 1. The summed E-state index contributed by atoms with van der Waals surface area (Å²) < 4.78 is 26.7. The second-order valence-corrected chi connectivity index (χ2v) is 14.2. The molecule has 0 aromatic heterocycles. The number of likely N-dealkylation sites (N-methyl/N-ethyl adjacent to an activating group) is 1. The van der Waals surface area contributed by atoms with Gasteiger partial charge in [-0.15, -0.1) is 6.42 Å². The van der Waals surface area contributed by atoms with Crippen LogP contribution in [0.3, 0.4) is 0 Å². The van der Waals surface area contributed by atoms with Gasteiger partial charge in [0.15, 0.2) is 18.4 Å². The molecule has 2 saturated heterocycles. The topological polar surface area (TPSA) is 104 Å². The Balaban J connectivity index is 2.00. The number of terminal acetylenes is 1. The molecule has 2 heterocycles. The molecule has 0 amide bonds. The molecule has 1 unspecified atom stereocenters. The fourth-order valence-corrected chi connectivity index (χ4v) is 6.86. The number of hydrogen-bond acceptors (Lipinski definition) is 9. The molecule has 10 nitrogen and oxygen atoms in total. The zero-order chi connectivity index (χ0) is 34.9. The Morgan fingerprint density at radius 1 is 1.19 bits per heavy atom. The first-order valence-corrected chi connectivity index (χ1v) is 16.7. The van der Waals surface area contributed by atoms with Crippen LogP contribution in [-0.4, -0.2) is 134 Å². The molecular weight excluding hydrogens is 598 g/mol. The Labute approximate surface area is 282 Å². The Morgan fingerprint density at radius 3 is 2.49 bits per heavy atom. The molecule has 1 aromatic rings. The van der Waals surface area contributed by atoms with E-state index in [1.54, 1.807) is 20.8 Å². The lowest BCUT2D eigenvalue weighted by Gasteiger charge is -2.47. The maximum atomic E-state index is 13.6. The summed E-state index contributed by atoms with van der Waals surface area (Å²) >= 11 is 0. The molecular formula is C37H58N3O7+. The van der Waals surface area contributed by atoms with E-state index in [1.807, 2.05) is 49.3 Å². The maximum absolute atomic E-state index is 13.6. The number of hydrogen-bond donors (Lipinski definition) is 2. The van der Waals surface area contributed by atoms with Crippen molar-refractivity contribution in [2.45, 2.75) is 83.2 Å². The molecule has 2 fully saturated rings. The van der Waals surface area contributed by atoms with Gasteiger partial charge in [-0.05, 0) is 59.5 Å². The second-order valence-electron chi connectivity index (χ2n) is 14.2. The number of nitrogens with zero attached hydrogens (tertiary/aromatic N) is 3. The summed E-state index contributed by atoms with van der Waals surface area (Å²) in [6, 6.07) is 9.76. The van der Waals surface area contributed by atoms with E-state index in [9.17, 15) is 15.0 Å². The number of aliphatic hydroxyl groups is 2. The van der Waals surface area contributed by atoms with Crippen LogP contribution in [0.5, 0.6) is 0 Å². The van der Waals surface area contributed by atoms with Gasteiger partial charge in [-0.2, -0.15) is 0 Å². The molecule has 0 aliphatic carbocycles. The molecule has 2 aliphatic heterocycles. The molecule has 2 aliphatic rings. The fourth-order valence-electron chi connectivity index (χ4n) is 6.86. The van der Waals surface area contributed by atoms with Crippen LogP contribution in [0.1, 0.15) is 52.5 Å². The van der Waals surface area contributed by atoms with E-state index in [1.165, 1.54) is 7.11 Å². The Hall–Kier alpha value is -2.78. The van der Waals surface area contributed by atoms with E-state index in [2.05, 4.69) is 42.2 Å². The molecule has 2 N–H and O–H groups in total. The third-order valence-corrected chi connectivity index (χ3v) is 9.65. The molecule has 3 rings (SSSR count). The van der Waals surface area contributed by atoms with Gasteiger partial charge in [-0.3, -0.25) is 4.79 Å². The molecule has 0 saturated carbocycles. The highest BCUT2D eigenvalue weighted by atomic mass is 16.7. The Morgan fingerprint density at radius 2 is 1.87 bits per heavy atom. The number of carbonyl (C=O) groups excluding carboxylic acids is 1. The van der Waals surface area contributed by atoms with Gasteiger partial charge in [-0.1, -0.05) is 44.5 Å². The highest BCUT2D eigenvalue weighted by Gasteiger charge is 2.52. The highest BCUT2D eigenvalue weighted by Crippen LogP contribution is 2.40. The van der Waals surface area contributed by atoms with Crippen LogP contribution in [0.4, 0.5) is 0 Å². The lowest BCUT2D eigenvalue weighted by Crippen LogP contribution is -2.59. The predicted molar refractivity (Wildman–Crippen MR) is 183 cm³/mol. The molecule has 8 atom stereocenters. The molecule has 10 heteroatoms. The van der Waals surface area contributed by atoms with Gasteiger partial charge >= 0.3 is 5.97 Å². The van der Waals surface area contributed by atoms with Crippen LogP contribution < -0.4 is 0 Å². The number of esters is 1. The lowest BCUT2D eigenvalue weighted by atomic mass is 9.72. The highest BCUT2D eigenvalue weighted by molar-refractivity contribution is 5.77. The first kappa shape index (κ1) is 38.7. The number of cyclic esters (lactones) is 1. The van der Waals surface area contributed by atoms with Gasteiger partial charge in [-0.25, -0.2) is 4.58 Å². The summed E-state index contributed by atoms with van der Waals surface area (Å²) in [5.41, 5.74) is -1.59. The zero-order valence-corrected chi connectivity index (χ0v) is 29.7. The summed E-state index contributed by atoms with van der Waals surface area (Å²) in [7, 11) is 7.36. The first-order valence-electron chi connectivity index (χ1n) is 16.7. The summed E-state index contributed by atoms with van der Waals surface area (Å²) in [5.74, 6) is 2.12. The van der Waals surface area contributed by atoms with Gasteiger partial charge < -0.3 is 39.0 Å². The van der Waals surface area contributed by atoms with Crippen molar-refractivity contribution in [1.82, 2.24) is 9.80 Å². The zero-order valence-electron chi connectivity index (χ0n) is 29.7. The maximum Gasteiger partial charge on any atom is 0.314 e. The summed E-state index contributed by atoms with van der Waals surface area (Å²) in [5, 5.41) is 23.3. The van der Waals surface area contributed by atoms with Gasteiger partial charge in [0.05, 0.1) is 17.3 Å². The third-order valence-electron chi connectivity index (χ3n) is 9.65. The van der Waals surface area contributed by atoms with E-state index < -0.39 is 47.5 Å². The van der Waals surface area contributed by atoms with E-state index in [-0.39, 0.29) is 18.6 Å². The SMILES string of the molecule is C#C[C@@]1(OC)C[C@@H](C)CN(C)CCC[N+](=Cc2ccccc2)CCOC(=O)C(C)(C)C(O)[C@H](C)[C@H]1O[C@@H]1OC(=C)C[C@H](N(C)C)[C@H]1O. The molecule has 0 radical (unpaired) electrons. The lowest BCUT2D eigenvalue weighted by molar-refractivity contribution is -0.525. The van der Waals surface area contributed by atoms with Gasteiger partial charge in [0.1, 0.15) is 25.4 Å². The van der Waals surface area contributed by atoms with Crippen molar-refractivity contribution < 1.29 is 38.5 Å². The number of aliphatic hydroxyl groups excluding tert-OH is 2. The minimum Gasteiger partial charge on any atom is -0.467 e. The Kier molecular flexibility index (Phi) is 14.0. The minimum absolute atomic E-state index is 0.0637. The van der Waals surface area contributed by atoms with E-state index in [0.717, 1.165) is 31.6 Å². The number of carbonyl (C=O) groups is 1. The molecule has 0 spiro atoms. The monoisotopic (exact) mass is 656 g/mol. The van der Waals surface area contributed by atoms with Crippen LogP contribution in [0.2, 0.25) is 0 Å². The van der Waals surface area contributed by atoms with Crippen molar-refractivity contribution in [3.8, 4) is 12.3 Å². The van der Waals surface area contributed by atoms with Crippen molar-refractivity contribution in [2.24, 2.45) is 17.3 Å². The second kappa shape index (κ2) is 17.0. The minimum atomic E-state index is -1.33. The van der Waals surface area contributed by atoms with Crippen LogP contribution in [0, 0.1) is 29.6 Å². The molecule has 0 bridgehead atoms. The van der Waals surface area contributed by atoms with Crippen LogP contribution in [-0.2, 0) is 23.7 Å². The van der Waals surface area contributed by atoms with E-state index in [4.69, 9.17) is 25.4 Å². The van der Waals surface area contributed by atoms with Crippen LogP contribution in [0.25, 0.3) is 0 Å². The van der Waals surface area contributed by atoms with Crippen LogP contribution >= 0.6 is 0 Å². The summed E-state index contributed by atoms with van der Waals surface area (Å²) in [6.45, 7) is 14.3. The molecule has 1 aromatic carbocycles. The third kappa shape index (κ3) is 9.88. The smallest absolute Gasteiger partial charge is 0.314 e. The Bertz CT molecular complexity index is 1250. The summed E-state index contributed by atoms with van der Waals surface area (Å²) in [4.78, 5) is 17.8. The number of rotatable bonds is 5. The largest absolute Gasteiger partial charge is 0.467 e. The first-order chi connectivity index (χ1) is 22.1. The van der Waals surface area contributed by atoms with Crippen LogP contribution in [0.15, 0.2) is 42.7 Å². The quantitative estimate of drug-likeness (QED) is 0.281.